The summed E-state index contributed by atoms with van der Waals surface area (Å²) < 4.78 is 36.5. The molecule has 0 fully saturated rings. The Morgan fingerprint density at radius 3 is 2.56 bits per heavy atom. The number of H-pyrrole nitrogens is 1. The van der Waals surface area contributed by atoms with Crippen molar-refractivity contribution < 1.29 is 12.8 Å². The van der Waals surface area contributed by atoms with E-state index in [4.69, 9.17) is 17.3 Å². The van der Waals surface area contributed by atoms with Crippen LogP contribution in [0.4, 0.5) is 10.2 Å². The van der Waals surface area contributed by atoms with Gasteiger partial charge in [0.25, 0.3) is 0 Å². The number of nitrogens with one attached hydrogen (secondary N) is 1. The second-order valence-corrected chi connectivity index (χ2v) is 6.10. The van der Waals surface area contributed by atoms with Gasteiger partial charge in [-0.2, -0.15) is 5.10 Å². The van der Waals surface area contributed by atoms with Crippen LogP contribution in [-0.2, 0) is 9.84 Å². The Hall–Kier alpha value is -1.60. The standard InChI is InChI=1S/C10H9ClFN3O2S/c1-18(16,17)9-7(11)2-5(3-8(9)12)6-4-14-15-10(6)13/h2-4H,1H3,(H3,13,14,15). The molecular weight excluding hydrogens is 281 g/mol. The Balaban J connectivity index is 2.68. The third kappa shape index (κ3) is 2.19. The maximum Gasteiger partial charge on any atom is 0.179 e. The lowest BCUT2D eigenvalue weighted by molar-refractivity contribution is 0.571. The number of hydrogen-bond donors (Lipinski definition) is 2. The van der Waals surface area contributed by atoms with Gasteiger partial charge in [-0.1, -0.05) is 11.6 Å². The minimum atomic E-state index is -3.72. The van der Waals surface area contributed by atoms with E-state index >= 15 is 0 Å². The topological polar surface area (TPSA) is 88.8 Å². The van der Waals surface area contributed by atoms with Gasteiger partial charge in [0.1, 0.15) is 16.5 Å². The number of halogens is 2. The summed E-state index contributed by atoms with van der Waals surface area (Å²) in [6.45, 7) is 0. The van der Waals surface area contributed by atoms with Gasteiger partial charge in [-0.3, -0.25) is 5.10 Å². The Bertz CT molecular complexity index is 689. The zero-order chi connectivity index (χ0) is 13.5. The van der Waals surface area contributed by atoms with Gasteiger partial charge in [0, 0.05) is 11.8 Å². The Morgan fingerprint density at radius 1 is 1.44 bits per heavy atom. The average Bonchev–Trinajstić information content (AvgIpc) is 2.60. The molecule has 0 saturated heterocycles. The molecule has 18 heavy (non-hydrogen) atoms. The summed E-state index contributed by atoms with van der Waals surface area (Å²) in [4.78, 5) is -0.519. The SMILES string of the molecule is CS(=O)(=O)c1c(F)cc(-c2cn[nH]c2N)cc1Cl. The molecule has 8 heteroatoms. The number of nitrogens with zero attached hydrogens (tertiary/aromatic N) is 1. The number of benzene rings is 1. The number of nitrogen functional groups attached to an aromatic ring is 1. The van der Waals surface area contributed by atoms with Crippen molar-refractivity contribution in [2.24, 2.45) is 0 Å². The molecule has 1 aromatic carbocycles. The average molecular weight is 290 g/mol. The Labute approximate surface area is 108 Å². The molecule has 2 aromatic rings. The largest absolute Gasteiger partial charge is 0.384 e. The number of aromatic nitrogens is 2. The summed E-state index contributed by atoms with van der Waals surface area (Å²) in [5.41, 5.74) is 6.41. The summed E-state index contributed by atoms with van der Waals surface area (Å²) in [5.74, 6) is -0.668. The highest BCUT2D eigenvalue weighted by molar-refractivity contribution is 7.90. The van der Waals surface area contributed by atoms with E-state index in [0.717, 1.165) is 12.3 Å². The van der Waals surface area contributed by atoms with E-state index in [1.54, 1.807) is 0 Å². The molecule has 1 aromatic heterocycles. The Kier molecular flexibility index (Phi) is 3.04. The van der Waals surface area contributed by atoms with Crippen LogP contribution in [0.1, 0.15) is 0 Å². The van der Waals surface area contributed by atoms with Crippen LogP contribution in [-0.4, -0.2) is 24.9 Å². The number of anilines is 1. The quantitative estimate of drug-likeness (QED) is 0.883. The molecule has 2 rings (SSSR count). The molecule has 3 N–H and O–H groups in total. The van der Waals surface area contributed by atoms with Crippen LogP contribution in [0.2, 0.25) is 5.02 Å². The first-order chi connectivity index (χ1) is 8.30. The van der Waals surface area contributed by atoms with Gasteiger partial charge >= 0.3 is 0 Å². The van der Waals surface area contributed by atoms with Crippen molar-refractivity contribution in [1.82, 2.24) is 10.2 Å². The third-order valence-corrected chi connectivity index (χ3v) is 3.92. The van der Waals surface area contributed by atoms with Crippen LogP contribution in [0.25, 0.3) is 11.1 Å². The molecule has 0 amide bonds. The first-order valence-corrected chi connectivity index (χ1v) is 7.06. The summed E-state index contributed by atoms with van der Waals surface area (Å²) >= 11 is 5.80. The van der Waals surface area contributed by atoms with Crippen molar-refractivity contribution in [3.8, 4) is 11.1 Å². The predicted molar refractivity (Wildman–Crippen MR) is 66.5 cm³/mol. The first kappa shape index (κ1) is 12.8. The van der Waals surface area contributed by atoms with E-state index in [1.807, 2.05) is 0 Å². The molecule has 96 valence electrons. The van der Waals surface area contributed by atoms with Crippen LogP contribution >= 0.6 is 11.6 Å². The van der Waals surface area contributed by atoms with Gasteiger partial charge in [0.2, 0.25) is 0 Å². The predicted octanol–water partition coefficient (Wildman–Crippen LogP) is 1.85. The number of nitrogens with two attached hydrogens (primary N) is 1. The van der Waals surface area contributed by atoms with Gasteiger partial charge in [0.15, 0.2) is 9.84 Å². The highest BCUT2D eigenvalue weighted by Crippen LogP contribution is 2.32. The zero-order valence-electron chi connectivity index (χ0n) is 9.24. The van der Waals surface area contributed by atoms with Crippen LogP contribution in [0.5, 0.6) is 0 Å². The number of hydrogen-bond acceptors (Lipinski definition) is 4. The van der Waals surface area contributed by atoms with Crippen molar-refractivity contribution in [2.75, 3.05) is 12.0 Å². The maximum atomic E-state index is 13.8. The monoisotopic (exact) mass is 289 g/mol. The minimum absolute atomic E-state index is 0.187. The molecular formula is C10H9ClFN3O2S. The lowest BCUT2D eigenvalue weighted by Gasteiger charge is -2.07. The van der Waals surface area contributed by atoms with Crippen LogP contribution in [0.15, 0.2) is 23.2 Å². The summed E-state index contributed by atoms with van der Waals surface area (Å²) in [6.07, 6.45) is 2.30. The molecule has 0 spiro atoms. The van der Waals surface area contributed by atoms with Crippen molar-refractivity contribution >= 4 is 27.3 Å². The molecule has 1 heterocycles. The van der Waals surface area contributed by atoms with Crippen molar-refractivity contribution in [1.29, 1.82) is 0 Å². The van der Waals surface area contributed by atoms with E-state index in [9.17, 15) is 12.8 Å². The normalized spacial score (nSPS) is 11.7. The molecule has 0 radical (unpaired) electrons. The summed E-state index contributed by atoms with van der Waals surface area (Å²) in [5, 5.41) is 6.00. The molecule has 0 atom stereocenters. The van der Waals surface area contributed by atoms with Crippen molar-refractivity contribution in [2.45, 2.75) is 4.90 Å². The lowest BCUT2D eigenvalue weighted by Crippen LogP contribution is -2.02. The fraction of sp³-hybridized carbons (Fsp3) is 0.100. The van der Waals surface area contributed by atoms with E-state index in [2.05, 4.69) is 10.2 Å². The summed E-state index contributed by atoms with van der Waals surface area (Å²) in [6, 6.07) is 2.39. The smallest absolute Gasteiger partial charge is 0.179 e. The number of rotatable bonds is 2. The third-order valence-electron chi connectivity index (χ3n) is 2.35. The van der Waals surface area contributed by atoms with Crippen LogP contribution in [0, 0.1) is 5.82 Å². The molecule has 0 aliphatic heterocycles. The van der Waals surface area contributed by atoms with E-state index in [1.165, 1.54) is 12.3 Å². The second kappa shape index (κ2) is 4.25. The molecule has 5 nitrogen and oxygen atoms in total. The van der Waals surface area contributed by atoms with E-state index in [-0.39, 0.29) is 10.8 Å². The Morgan fingerprint density at radius 2 is 2.11 bits per heavy atom. The maximum absolute atomic E-state index is 13.8. The van der Waals surface area contributed by atoms with Gasteiger partial charge in [-0.15, -0.1) is 0 Å². The highest BCUT2D eigenvalue weighted by atomic mass is 35.5. The molecule has 0 unspecified atom stereocenters. The molecule has 0 saturated carbocycles. The fourth-order valence-corrected chi connectivity index (χ4v) is 3.05. The molecule has 0 aliphatic rings. The number of aromatic amines is 1. The number of sulfone groups is 1. The molecule has 0 aliphatic carbocycles. The zero-order valence-corrected chi connectivity index (χ0v) is 10.8. The summed E-state index contributed by atoms with van der Waals surface area (Å²) in [7, 11) is -3.72. The van der Waals surface area contributed by atoms with E-state index < -0.39 is 20.5 Å². The lowest BCUT2D eigenvalue weighted by atomic mass is 10.1. The van der Waals surface area contributed by atoms with Crippen molar-refractivity contribution in [3.63, 3.8) is 0 Å². The first-order valence-electron chi connectivity index (χ1n) is 4.79. The highest BCUT2D eigenvalue weighted by Gasteiger charge is 2.20. The van der Waals surface area contributed by atoms with Crippen molar-refractivity contribution in [3.05, 3.63) is 29.2 Å². The van der Waals surface area contributed by atoms with Gasteiger partial charge in [-0.25, -0.2) is 12.8 Å². The van der Waals surface area contributed by atoms with Crippen LogP contribution < -0.4 is 5.73 Å². The fourth-order valence-electron chi connectivity index (χ4n) is 1.60. The molecule has 0 bridgehead atoms. The van der Waals surface area contributed by atoms with Gasteiger partial charge < -0.3 is 5.73 Å². The van der Waals surface area contributed by atoms with Gasteiger partial charge in [-0.05, 0) is 17.7 Å². The van der Waals surface area contributed by atoms with Gasteiger partial charge in [0.05, 0.1) is 11.2 Å². The van der Waals surface area contributed by atoms with E-state index in [0.29, 0.717) is 11.1 Å². The second-order valence-electron chi connectivity index (χ2n) is 3.74. The minimum Gasteiger partial charge on any atom is -0.384 e. The van der Waals surface area contributed by atoms with Crippen LogP contribution in [0.3, 0.4) is 0 Å².